The Morgan fingerprint density at radius 2 is 1.76 bits per heavy atom. The number of fused-ring (bicyclic) bond motifs is 1. The third-order valence-electron chi connectivity index (χ3n) is 4.28. The van der Waals surface area contributed by atoms with Crippen LogP contribution in [0.25, 0.3) is 0 Å². The molecule has 1 aliphatic rings. The Morgan fingerprint density at radius 1 is 1.10 bits per heavy atom. The molecule has 2 N–H and O–H groups in total. The standard InChI is InChI=1S/C18H19NO2/c1-2-12-18(13-8-4-3-5-9-13)15-11-7-6-10-14(15)16(20)21-17(18)19/h3-11,17H,2,12,19H2,1H3. The van der Waals surface area contributed by atoms with Crippen molar-refractivity contribution in [3.8, 4) is 0 Å². The van der Waals surface area contributed by atoms with Gasteiger partial charge in [-0.1, -0.05) is 61.9 Å². The largest absolute Gasteiger partial charge is 0.442 e. The van der Waals surface area contributed by atoms with Crippen LogP contribution in [0.4, 0.5) is 0 Å². The summed E-state index contributed by atoms with van der Waals surface area (Å²) in [4.78, 5) is 12.1. The van der Waals surface area contributed by atoms with Crippen LogP contribution < -0.4 is 5.73 Å². The van der Waals surface area contributed by atoms with Gasteiger partial charge in [-0.2, -0.15) is 0 Å². The summed E-state index contributed by atoms with van der Waals surface area (Å²) < 4.78 is 5.47. The zero-order valence-corrected chi connectivity index (χ0v) is 12.1. The Hall–Kier alpha value is -2.13. The Labute approximate surface area is 124 Å². The monoisotopic (exact) mass is 281 g/mol. The lowest BCUT2D eigenvalue weighted by Crippen LogP contribution is -2.52. The van der Waals surface area contributed by atoms with Crippen molar-refractivity contribution in [3.63, 3.8) is 0 Å². The lowest BCUT2D eigenvalue weighted by atomic mass is 9.67. The first kappa shape index (κ1) is 13.8. The molecule has 2 aromatic rings. The van der Waals surface area contributed by atoms with E-state index in [1.165, 1.54) is 0 Å². The maximum atomic E-state index is 12.1. The van der Waals surface area contributed by atoms with E-state index in [1.54, 1.807) is 0 Å². The van der Waals surface area contributed by atoms with Crippen LogP contribution in [-0.2, 0) is 10.2 Å². The maximum Gasteiger partial charge on any atom is 0.340 e. The molecule has 3 nitrogen and oxygen atoms in total. The lowest BCUT2D eigenvalue weighted by molar-refractivity contribution is 0.00461. The highest BCUT2D eigenvalue weighted by atomic mass is 16.6. The van der Waals surface area contributed by atoms with Gasteiger partial charge in [0.25, 0.3) is 0 Å². The van der Waals surface area contributed by atoms with E-state index in [2.05, 4.69) is 19.1 Å². The maximum absolute atomic E-state index is 12.1. The van der Waals surface area contributed by atoms with Crippen molar-refractivity contribution in [1.29, 1.82) is 0 Å². The number of carbonyl (C=O) groups excluding carboxylic acids is 1. The molecule has 0 aliphatic carbocycles. The highest BCUT2D eigenvalue weighted by molar-refractivity contribution is 5.93. The zero-order valence-electron chi connectivity index (χ0n) is 12.1. The van der Waals surface area contributed by atoms with Gasteiger partial charge in [0.15, 0.2) is 6.23 Å². The van der Waals surface area contributed by atoms with Gasteiger partial charge in [0.1, 0.15) is 0 Å². The fourth-order valence-electron chi connectivity index (χ4n) is 3.35. The van der Waals surface area contributed by atoms with Crippen molar-refractivity contribution in [2.45, 2.75) is 31.4 Å². The predicted octanol–water partition coefficient (Wildman–Crippen LogP) is 3.23. The van der Waals surface area contributed by atoms with E-state index in [0.29, 0.717) is 5.56 Å². The molecule has 0 saturated heterocycles. The van der Waals surface area contributed by atoms with Crippen molar-refractivity contribution in [3.05, 3.63) is 71.3 Å². The summed E-state index contributed by atoms with van der Waals surface area (Å²) in [7, 11) is 0. The molecule has 1 heterocycles. The van der Waals surface area contributed by atoms with Crippen LogP contribution in [0.1, 0.15) is 41.3 Å². The van der Waals surface area contributed by atoms with Crippen LogP contribution in [-0.4, -0.2) is 12.2 Å². The molecular weight excluding hydrogens is 262 g/mol. The van der Waals surface area contributed by atoms with Gasteiger partial charge in [0, 0.05) is 0 Å². The van der Waals surface area contributed by atoms with Gasteiger partial charge in [-0.05, 0) is 23.6 Å². The summed E-state index contributed by atoms with van der Waals surface area (Å²) in [5.74, 6) is -0.333. The van der Waals surface area contributed by atoms with E-state index in [-0.39, 0.29) is 5.97 Å². The molecule has 0 radical (unpaired) electrons. The number of rotatable bonds is 3. The molecule has 2 unspecified atom stereocenters. The van der Waals surface area contributed by atoms with E-state index in [1.807, 2.05) is 42.5 Å². The van der Waals surface area contributed by atoms with Gasteiger partial charge in [-0.15, -0.1) is 0 Å². The molecule has 0 bridgehead atoms. The summed E-state index contributed by atoms with van der Waals surface area (Å²) in [5.41, 5.74) is 8.51. The summed E-state index contributed by atoms with van der Waals surface area (Å²) in [6.07, 6.45) is 1.12. The third kappa shape index (κ3) is 2.05. The van der Waals surface area contributed by atoms with E-state index in [0.717, 1.165) is 24.0 Å². The Balaban J connectivity index is 2.28. The van der Waals surface area contributed by atoms with Gasteiger partial charge < -0.3 is 4.74 Å². The Kier molecular flexibility index (Phi) is 3.52. The number of hydrogen-bond donors (Lipinski definition) is 1. The smallest absolute Gasteiger partial charge is 0.340 e. The molecule has 3 heteroatoms. The van der Waals surface area contributed by atoms with Gasteiger partial charge >= 0.3 is 5.97 Å². The first-order valence-electron chi connectivity index (χ1n) is 7.31. The van der Waals surface area contributed by atoms with Crippen molar-refractivity contribution in [2.75, 3.05) is 0 Å². The first-order valence-corrected chi connectivity index (χ1v) is 7.31. The van der Waals surface area contributed by atoms with Crippen LogP contribution in [0.2, 0.25) is 0 Å². The zero-order chi connectivity index (χ0) is 14.9. The number of hydrogen-bond acceptors (Lipinski definition) is 3. The first-order chi connectivity index (χ1) is 10.2. The minimum Gasteiger partial charge on any atom is -0.442 e. The second-order valence-electron chi connectivity index (χ2n) is 5.46. The Bertz CT molecular complexity index is 653. The number of ether oxygens (including phenoxy) is 1. The van der Waals surface area contributed by atoms with Crippen LogP contribution in [0.5, 0.6) is 0 Å². The molecule has 0 fully saturated rings. The average molecular weight is 281 g/mol. The predicted molar refractivity (Wildman–Crippen MR) is 82.0 cm³/mol. The average Bonchev–Trinajstić information content (AvgIpc) is 2.52. The molecule has 0 amide bonds. The molecule has 0 aromatic heterocycles. The summed E-state index contributed by atoms with van der Waals surface area (Å²) in [6.45, 7) is 2.12. The number of esters is 1. The van der Waals surface area contributed by atoms with E-state index in [4.69, 9.17) is 10.5 Å². The minimum absolute atomic E-state index is 0.333. The van der Waals surface area contributed by atoms with Crippen LogP contribution >= 0.6 is 0 Å². The van der Waals surface area contributed by atoms with E-state index in [9.17, 15) is 4.79 Å². The topological polar surface area (TPSA) is 52.3 Å². The molecule has 2 aromatic carbocycles. The van der Waals surface area contributed by atoms with Crippen LogP contribution in [0.3, 0.4) is 0 Å². The normalized spacial score (nSPS) is 24.3. The number of carbonyl (C=O) groups is 1. The van der Waals surface area contributed by atoms with Crippen LogP contribution in [0, 0.1) is 0 Å². The molecule has 0 spiro atoms. The molecule has 2 atom stereocenters. The second kappa shape index (κ2) is 5.34. The summed E-state index contributed by atoms with van der Waals surface area (Å²) >= 11 is 0. The number of benzene rings is 2. The van der Waals surface area contributed by atoms with Crippen LogP contribution in [0.15, 0.2) is 54.6 Å². The van der Waals surface area contributed by atoms with Crippen molar-refractivity contribution < 1.29 is 9.53 Å². The molecule has 0 saturated carbocycles. The fraction of sp³-hybridized carbons (Fsp3) is 0.278. The van der Waals surface area contributed by atoms with Gasteiger partial charge in [-0.25, -0.2) is 4.79 Å². The molecule has 21 heavy (non-hydrogen) atoms. The van der Waals surface area contributed by atoms with Gasteiger partial charge in [-0.3, -0.25) is 5.73 Å². The quantitative estimate of drug-likeness (QED) is 0.879. The highest BCUT2D eigenvalue weighted by Crippen LogP contribution is 2.44. The second-order valence-corrected chi connectivity index (χ2v) is 5.46. The Morgan fingerprint density at radius 3 is 2.48 bits per heavy atom. The SMILES string of the molecule is CCCC1(c2ccccc2)c2ccccc2C(=O)OC1N. The van der Waals surface area contributed by atoms with Crippen molar-refractivity contribution in [2.24, 2.45) is 5.73 Å². The lowest BCUT2D eigenvalue weighted by Gasteiger charge is -2.43. The van der Waals surface area contributed by atoms with Crippen molar-refractivity contribution >= 4 is 5.97 Å². The number of nitrogens with two attached hydrogens (primary N) is 1. The highest BCUT2D eigenvalue weighted by Gasteiger charge is 2.47. The summed E-state index contributed by atoms with van der Waals surface area (Å²) in [5, 5.41) is 0. The fourth-order valence-corrected chi connectivity index (χ4v) is 3.35. The summed E-state index contributed by atoms with van der Waals surface area (Å²) in [6, 6.07) is 17.7. The van der Waals surface area contributed by atoms with E-state index >= 15 is 0 Å². The molecular formula is C18H19NO2. The third-order valence-corrected chi connectivity index (χ3v) is 4.28. The molecule has 3 rings (SSSR count). The van der Waals surface area contributed by atoms with Gasteiger partial charge in [0.05, 0.1) is 11.0 Å². The van der Waals surface area contributed by atoms with E-state index < -0.39 is 11.6 Å². The molecule has 1 aliphatic heterocycles. The number of cyclic esters (lactones) is 1. The van der Waals surface area contributed by atoms with Gasteiger partial charge in [0.2, 0.25) is 0 Å². The molecule has 108 valence electrons. The minimum atomic E-state index is -0.665. The van der Waals surface area contributed by atoms with Crippen molar-refractivity contribution in [1.82, 2.24) is 0 Å².